The van der Waals surface area contributed by atoms with Gasteiger partial charge in [0.2, 0.25) is 0 Å². The molecule has 4 heteroatoms. The average Bonchev–Trinajstić information content (AvgIpc) is 3.22. The molecule has 1 N–H and O–H groups in total. The van der Waals surface area contributed by atoms with Crippen LogP contribution in [0.4, 0.5) is 0 Å². The minimum absolute atomic E-state index is 0.0781. The molecule has 2 aliphatic carbocycles. The van der Waals surface area contributed by atoms with Gasteiger partial charge in [0, 0.05) is 35.9 Å². The third-order valence-electron chi connectivity index (χ3n) is 3.94. The Hall–Kier alpha value is -0.610. The molecule has 0 aromatic carbocycles. The zero-order chi connectivity index (χ0) is 12.5. The summed E-state index contributed by atoms with van der Waals surface area (Å²) in [7, 11) is 0. The maximum atomic E-state index is 11.7. The average molecular weight is 311 g/mol. The van der Waals surface area contributed by atoms with Gasteiger partial charge < -0.3 is 9.88 Å². The van der Waals surface area contributed by atoms with Gasteiger partial charge in [-0.1, -0.05) is 0 Å². The van der Waals surface area contributed by atoms with Crippen molar-refractivity contribution in [2.24, 2.45) is 11.8 Å². The number of rotatable bonds is 6. The fraction of sp³-hybridized carbons (Fsp3) is 0.643. The van der Waals surface area contributed by atoms with Crippen LogP contribution in [0.5, 0.6) is 0 Å². The second kappa shape index (κ2) is 5.17. The topological polar surface area (TPSA) is 34.0 Å². The Bertz CT molecular complexity index is 465. The Morgan fingerprint density at radius 2 is 1.94 bits per heavy atom. The van der Waals surface area contributed by atoms with Gasteiger partial charge in [-0.3, -0.25) is 4.79 Å². The standard InChI is InChI=1S/C14H19BrN2O/c15-12-5-6-13(18)17(9-12)8-7-16-14(10-1-2-10)11-3-4-11/h5-6,9-11,14,16H,1-4,7-8H2. The SMILES string of the molecule is O=c1ccc(Br)cn1CCNC(C1CC1)C1CC1. The summed E-state index contributed by atoms with van der Waals surface area (Å²) in [5.74, 6) is 1.83. The Morgan fingerprint density at radius 1 is 1.28 bits per heavy atom. The van der Waals surface area contributed by atoms with Crippen LogP contribution in [0.3, 0.4) is 0 Å². The number of halogens is 1. The molecule has 2 fully saturated rings. The number of hydrogen-bond acceptors (Lipinski definition) is 2. The van der Waals surface area contributed by atoms with Crippen LogP contribution in [-0.2, 0) is 6.54 Å². The molecule has 1 aromatic heterocycles. The molecule has 1 aromatic rings. The van der Waals surface area contributed by atoms with E-state index in [1.165, 1.54) is 25.7 Å². The molecule has 0 unspecified atom stereocenters. The lowest BCUT2D eigenvalue weighted by Crippen LogP contribution is -2.36. The van der Waals surface area contributed by atoms with Gasteiger partial charge in [0.05, 0.1) is 0 Å². The number of nitrogens with zero attached hydrogens (tertiary/aromatic N) is 1. The quantitative estimate of drug-likeness (QED) is 0.875. The highest BCUT2D eigenvalue weighted by Gasteiger charge is 2.40. The lowest BCUT2D eigenvalue weighted by molar-refractivity contribution is 0.405. The van der Waals surface area contributed by atoms with Crippen molar-refractivity contribution in [3.63, 3.8) is 0 Å². The second-order valence-electron chi connectivity index (χ2n) is 5.53. The van der Waals surface area contributed by atoms with Crippen molar-refractivity contribution in [3.8, 4) is 0 Å². The van der Waals surface area contributed by atoms with Crippen LogP contribution in [0.1, 0.15) is 25.7 Å². The molecule has 0 spiro atoms. The molecule has 3 nitrogen and oxygen atoms in total. The van der Waals surface area contributed by atoms with Gasteiger partial charge in [0.25, 0.3) is 5.56 Å². The molecule has 0 atom stereocenters. The van der Waals surface area contributed by atoms with E-state index in [-0.39, 0.29) is 5.56 Å². The highest BCUT2D eigenvalue weighted by Crippen LogP contribution is 2.44. The van der Waals surface area contributed by atoms with Crippen molar-refractivity contribution in [3.05, 3.63) is 33.2 Å². The molecule has 2 saturated carbocycles. The van der Waals surface area contributed by atoms with E-state index >= 15 is 0 Å². The summed E-state index contributed by atoms with van der Waals surface area (Å²) in [6.45, 7) is 1.65. The Labute approximate surface area is 116 Å². The Balaban J connectivity index is 1.54. The first-order valence-electron chi connectivity index (χ1n) is 6.83. The number of pyridine rings is 1. The molecule has 0 aliphatic heterocycles. The van der Waals surface area contributed by atoms with Crippen LogP contribution >= 0.6 is 15.9 Å². The number of hydrogen-bond donors (Lipinski definition) is 1. The smallest absolute Gasteiger partial charge is 0.250 e. The summed E-state index contributed by atoms with van der Waals surface area (Å²) in [6, 6.07) is 4.13. The summed E-state index contributed by atoms with van der Waals surface area (Å²) >= 11 is 3.40. The predicted molar refractivity (Wildman–Crippen MR) is 75.6 cm³/mol. The van der Waals surface area contributed by atoms with Gasteiger partial charge in [0.15, 0.2) is 0 Å². The molecule has 0 bridgehead atoms. The van der Waals surface area contributed by atoms with E-state index in [2.05, 4.69) is 21.2 Å². The molecule has 18 heavy (non-hydrogen) atoms. The largest absolute Gasteiger partial charge is 0.313 e. The van der Waals surface area contributed by atoms with Crippen molar-refractivity contribution < 1.29 is 0 Å². The molecule has 3 rings (SSSR count). The zero-order valence-corrected chi connectivity index (χ0v) is 12.0. The molecule has 1 heterocycles. The lowest BCUT2D eigenvalue weighted by Gasteiger charge is -2.18. The van der Waals surface area contributed by atoms with Crippen LogP contribution in [-0.4, -0.2) is 17.2 Å². The maximum absolute atomic E-state index is 11.7. The second-order valence-corrected chi connectivity index (χ2v) is 6.45. The predicted octanol–water partition coefficient (Wildman–Crippen LogP) is 2.39. The third kappa shape index (κ3) is 3.04. The summed E-state index contributed by atoms with van der Waals surface area (Å²) in [6.07, 6.45) is 7.44. The van der Waals surface area contributed by atoms with E-state index in [9.17, 15) is 4.79 Å². The van der Waals surface area contributed by atoms with E-state index in [4.69, 9.17) is 0 Å². The minimum atomic E-state index is 0.0781. The van der Waals surface area contributed by atoms with Gasteiger partial charge in [-0.25, -0.2) is 0 Å². The highest BCUT2D eigenvalue weighted by atomic mass is 79.9. The van der Waals surface area contributed by atoms with Crippen LogP contribution in [0.25, 0.3) is 0 Å². The third-order valence-corrected chi connectivity index (χ3v) is 4.41. The lowest BCUT2D eigenvalue weighted by atomic mass is 10.1. The van der Waals surface area contributed by atoms with E-state index in [1.54, 1.807) is 16.7 Å². The van der Waals surface area contributed by atoms with Gasteiger partial charge in [0.1, 0.15) is 0 Å². The summed E-state index contributed by atoms with van der Waals surface area (Å²) in [4.78, 5) is 11.7. The fourth-order valence-electron chi connectivity index (χ4n) is 2.66. The number of aromatic nitrogens is 1. The van der Waals surface area contributed by atoms with E-state index in [0.717, 1.165) is 29.4 Å². The highest BCUT2D eigenvalue weighted by molar-refractivity contribution is 9.10. The van der Waals surface area contributed by atoms with Crippen LogP contribution in [0.15, 0.2) is 27.6 Å². The van der Waals surface area contributed by atoms with Gasteiger partial charge in [-0.05, 0) is 59.5 Å². The number of nitrogens with one attached hydrogen (secondary N) is 1. The Morgan fingerprint density at radius 3 is 2.56 bits per heavy atom. The van der Waals surface area contributed by atoms with Gasteiger partial charge in [-0.15, -0.1) is 0 Å². The van der Waals surface area contributed by atoms with Crippen molar-refractivity contribution in [2.45, 2.75) is 38.3 Å². The van der Waals surface area contributed by atoms with Crippen LogP contribution < -0.4 is 10.9 Å². The van der Waals surface area contributed by atoms with Gasteiger partial charge >= 0.3 is 0 Å². The van der Waals surface area contributed by atoms with Crippen LogP contribution in [0, 0.1) is 11.8 Å². The molecular formula is C14H19BrN2O. The van der Waals surface area contributed by atoms with E-state index in [0.29, 0.717) is 6.04 Å². The molecular weight excluding hydrogens is 292 g/mol. The molecule has 0 amide bonds. The molecule has 98 valence electrons. The zero-order valence-electron chi connectivity index (χ0n) is 10.4. The van der Waals surface area contributed by atoms with Crippen molar-refractivity contribution in [1.82, 2.24) is 9.88 Å². The van der Waals surface area contributed by atoms with Crippen molar-refractivity contribution in [2.75, 3.05) is 6.54 Å². The summed E-state index contributed by atoms with van der Waals surface area (Å²) < 4.78 is 2.73. The maximum Gasteiger partial charge on any atom is 0.250 e. The van der Waals surface area contributed by atoms with E-state index < -0.39 is 0 Å². The first-order valence-corrected chi connectivity index (χ1v) is 7.63. The molecule has 0 saturated heterocycles. The van der Waals surface area contributed by atoms with Crippen molar-refractivity contribution >= 4 is 15.9 Å². The monoisotopic (exact) mass is 310 g/mol. The first kappa shape index (κ1) is 12.4. The van der Waals surface area contributed by atoms with Crippen molar-refractivity contribution in [1.29, 1.82) is 0 Å². The van der Waals surface area contributed by atoms with Gasteiger partial charge in [-0.2, -0.15) is 0 Å². The molecule has 0 radical (unpaired) electrons. The first-order chi connectivity index (χ1) is 8.74. The normalized spacial score (nSPS) is 19.4. The summed E-state index contributed by atoms with van der Waals surface area (Å²) in [5.41, 5.74) is 0.0781. The molecule has 2 aliphatic rings. The fourth-order valence-corrected chi connectivity index (χ4v) is 3.04. The minimum Gasteiger partial charge on any atom is -0.313 e. The van der Waals surface area contributed by atoms with Crippen LogP contribution in [0.2, 0.25) is 0 Å². The summed E-state index contributed by atoms with van der Waals surface area (Å²) in [5, 5.41) is 3.66. The Kier molecular flexibility index (Phi) is 3.57. The van der Waals surface area contributed by atoms with E-state index in [1.807, 2.05) is 6.20 Å².